The van der Waals surface area contributed by atoms with Crippen LogP contribution < -0.4 is 11.5 Å². The number of unbranched alkanes of at least 4 members (excludes halogenated alkanes) is 6. The highest BCUT2D eigenvalue weighted by molar-refractivity contribution is 5.76. The summed E-state index contributed by atoms with van der Waals surface area (Å²) in [4.78, 5) is 0. The zero-order valence-electron chi connectivity index (χ0n) is 8.39. The molecule has 0 atom stereocenters. The second kappa shape index (κ2) is 9.52. The normalized spacial score (nSPS) is 10.2. The lowest BCUT2D eigenvalue weighted by Gasteiger charge is -2.00. The third-order valence-electron chi connectivity index (χ3n) is 1.97. The van der Waals surface area contributed by atoms with Crippen molar-refractivity contribution >= 4 is 5.84 Å². The molecular formula is C10H22N3. The van der Waals surface area contributed by atoms with Crippen LogP contribution in [0.15, 0.2) is 0 Å². The van der Waals surface area contributed by atoms with Gasteiger partial charge in [-0.1, -0.05) is 25.7 Å². The maximum absolute atomic E-state index is 7.02. The molecule has 1 radical (unpaired) electrons. The van der Waals surface area contributed by atoms with Gasteiger partial charge in [0.25, 0.3) is 0 Å². The summed E-state index contributed by atoms with van der Waals surface area (Å²) in [7, 11) is 0. The Labute approximate surface area is 81.4 Å². The van der Waals surface area contributed by atoms with Gasteiger partial charge in [0, 0.05) is 6.42 Å². The maximum Gasteiger partial charge on any atom is 0.0905 e. The van der Waals surface area contributed by atoms with Crippen LogP contribution in [0.4, 0.5) is 0 Å². The first kappa shape index (κ1) is 12.4. The van der Waals surface area contributed by atoms with Gasteiger partial charge in [-0.05, 0) is 25.8 Å². The van der Waals surface area contributed by atoms with Crippen LogP contribution >= 0.6 is 0 Å². The van der Waals surface area contributed by atoms with Gasteiger partial charge in [-0.3, -0.25) is 5.41 Å². The quantitative estimate of drug-likeness (QED) is 0.290. The SMILES string of the molecule is N=C(N)CCCC[CH]CCCCN. The summed E-state index contributed by atoms with van der Waals surface area (Å²) in [5.41, 5.74) is 10.6. The third-order valence-corrected chi connectivity index (χ3v) is 1.97. The fourth-order valence-electron chi connectivity index (χ4n) is 1.18. The first-order valence-corrected chi connectivity index (χ1v) is 5.12. The second-order valence-electron chi connectivity index (χ2n) is 3.34. The van der Waals surface area contributed by atoms with Crippen molar-refractivity contribution in [3.8, 4) is 0 Å². The smallest absolute Gasteiger partial charge is 0.0905 e. The second-order valence-corrected chi connectivity index (χ2v) is 3.34. The van der Waals surface area contributed by atoms with Crippen molar-refractivity contribution in [1.29, 1.82) is 5.41 Å². The van der Waals surface area contributed by atoms with E-state index in [0.29, 0.717) is 5.84 Å². The number of hydrogen-bond donors (Lipinski definition) is 3. The summed E-state index contributed by atoms with van der Waals surface area (Å²) in [5.74, 6) is 0.308. The van der Waals surface area contributed by atoms with Crippen molar-refractivity contribution in [3.05, 3.63) is 6.42 Å². The van der Waals surface area contributed by atoms with Crippen molar-refractivity contribution in [2.75, 3.05) is 6.54 Å². The van der Waals surface area contributed by atoms with E-state index in [1.165, 1.54) is 12.8 Å². The Morgan fingerprint density at radius 3 is 2.23 bits per heavy atom. The predicted octanol–water partition coefficient (Wildman–Crippen LogP) is 1.82. The molecule has 0 aliphatic heterocycles. The Bertz CT molecular complexity index is 123. The average molecular weight is 184 g/mol. The molecule has 0 saturated carbocycles. The highest BCUT2D eigenvalue weighted by Crippen LogP contribution is 2.06. The zero-order valence-corrected chi connectivity index (χ0v) is 8.39. The number of nitrogens with two attached hydrogens (primary N) is 2. The standard InChI is InChI=1S/C10H22N3/c11-9-7-5-3-1-2-4-6-8-10(12)13/h1H,2-9,11H2,(H3,12,13). The predicted molar refractivity (Wildman–Crippen MR) is 57.6 cm³/mol. The topological polar surface area (TPSA) is 75.9 Å². The van der Waals surface area contributed by atoms with Gasteiger partial charge >= 0.3 is 0 Å². The minimum absolute atomic E-state index is 0.308. The molecular weight excluding hydrogens is 162 g/mol. The monoisotopic (exact) mass is 184 g/mol. The van der Waals surface area contributed by atoms with Crippen LogP contribution in [0.25, 0.3) is 0 Å². The zero-order chi connectivity index (χ0) is 9.94. The van der Waals surface area contributed by atoms with Gasteiger partial charge < -0.3 is 11.5 Å². The van der Waals surface area contributed by atoms with E-state index in [1.807, 2.05) is 0 Å². The number of amidine groups is 1. The fourth-order valence-corrected chi connectivity index (χ4v) is 1.18. The van der Waals surface area contributed by atoms with Gasteiger partial charge in [-0.15, -0.1) is 0 Å². The van der Waals surface area contributed by atoms with Gasteiger partial charge in [0.1, 0.15) is 0 Å². The molecule has 0 aliphatic rings. The Morgan fingerprint density at radius 2 is 1.69 bits per heavy atom. The molecule has 13 heavy (non-hydrogen) atoms. The van der Waals surface area contributed by atoms with Gasteiger partial charge in [-0.2, -0.15) is 0 Å². The van der Waals surface area contributed by atoms with Crippen LogP contribution in [0, 0.1) is 11.8 Å². The van der Waals surface area contributed by atoms with Crippen molar-refractivity contribution in [2.24, 2.45) is 11.5 Å². The van der Waals surface area contributed by atoms with Crippen molar-refractivity contribution in [1.82, 2.24) is 0 Å². The molecule has 3 nitrogen and oxygen atoms in total. The molecule has 0 aromatic heterocycles. The van der Waals surface area contributed by atoms with Crippen molar-refractivity contribution in [2.45, 2.75) is 44.9 Å². The highest BCUT2D eigenvalue weighted by atomic mass is 14.7. The van der Waals surface area contributed by atoms with Crippen LogP contribution in [-0.4, -0.2) is 12.4 Å². The van der Waals surface area contributed by atoms with E-state index in [-0.39, 0.29) is 0 Å². The van der Waals surface area contributed by atoms with Gasteiger partial charge in [-0.25, -0.2) is 0 Å². The van der Waals surface area contributed by atoms with Gasteiger partial charge in [0.05, 0.1) is 5.84 Å². The Kier molecular flexibility index (Phi) is 9.10. The largest absolute Gasteiger partial charge is 0.388 e. The first-order valence-electron chi connectivity index (χ1n) is 5.12. The van der Waals surface area contributed by atoms with Crippen LogP contribution in [0.1, 0.15) is 44.9 Å². The average Bonchev–Trinajstić information content (AvgIpc) is 2.09. The third kappa shape index (κ3) is 11.4. The van der Waals surface area contributed by atoms with E-state index in [1.54, 1.807) is 0 Å². The van der Waals surface area contributed by atoms with Gasteiger partial charge in [0.2, 0.25) is 0 Å². The van der Waals surface area contributed by atoms with E-state index in [0.717, 1.165) is 38.6 Å². The summed E-state index contributed by atoms with van der Waals surface area (Å²) < 4.78 is 0. The molecule has 0 aromatic carbocycles. The highest BCUT2D eigenvalue weighted by Gasteiger charge is 1.92. The summed E-state index contributed by atoms with van der Waals surface area (Å²) in [6.45, 7) is 0.804. The van der Waals surface area contributed by atoms with Crippen LogP contribution in [0.5, 0.6) is 0 Å². The van der Waals surface area contributed by atoms with Crippen molar-refractivity contribution < 1.29 is 0 Å². The molecule has 0 heterocycles. The molecule has 0 bridgehead atoms. The van der Waals surface area contributed by atoms with E-state index in [9.17, 15) is 0 Å². The lowest BCUT2D eigenvalue weighted by molar-refractivity contribution is 0.678. The van der Waals surface area contributed by atoms with E-state index >= 15 is 0 Å². The Morgan fingerprint density at radius 1 is 1.08 bits per heavy atom. The fraction of sp³-hybridized carbons (Fsp3) is 0.800. The van der Waals surface area contributed by atoms with E-state index in [2.05, 4.69) is 6.42 Å². The molecule has 3 heteroatoms. The molecule has 5 N–H and O–H groups in total. The number of rotatable bonds is 9. The van der Waals surface area contributed by atoms with Gasteiger partial charge in [0.15, 0.2) is 0 Å². The molecule has 0 amide bonds. The minimum Gasteiger partial charge on any atom is -0.388 e. The Hall–Kier alpha value is -0.570. The first-order chi connectivity index (χ1) is 6.27. The summed E-state index contributed by atoms with van der Waals surface area (Å²) >= 11 is 0. The molecule has 0 rings (SSSR count). The molecule has 0 aliphatic carbocycles. The van der Waals surface area contributed by atoms with Crippen LogP contribution in [-0.2, 0) is 0 Å². The summed E-state index contributed by atoms with van der Waals surface area (Å²) in [6.07, 6.45) is 9.93. The summed E-state index contributed by atoms with van der Waals surface area (Å²) in [6, 6.07) is 0. The lowest BCUT2D eigenvalue weighted by Crippen LogP contribution is -2.08. The van der Waals surface area contributed by atoms with Crippen LogP contribution in [0.2, 0.25) is 0 Å². The molecule has 0 unspecified atom stereocenters. The van der Waals surface area contributed by atoms with Crippen LogP contribution in [0.3, 0.4) is 0 Å². The molecule has 0 saturated heterocycles. The lowest BCUT2D eigenvalue weighted by atomic mass is 10.1. The number of nitrogens with one attached hydrogen (secondary N) is 1. The minimum atomic E-state index is 0.308. The van der Waals surface area contributed by atoms with E-state index in [4.69, 9.17) is 16.9 Å². The van der Waals surface area contributed by atoms with Crippen molar-refractivity contribution in [3.63, 3.8) is 0 Å². The summed E-state index contributed by atoms with van der Waals surface area (Å²) in [5, 5.41) is 7.02. The molecule has 0 spiro atoms. The number of hydrogen-bond acceptors (Lipinski definition) is 2. The molecule has 0 fully saturated rings. The molecule has 0 aromatic rings. The Balaban J connectivity index is 2.87. The maximum atomic E-state index is 7.02. The molecule has 77 valence electrons. The van der Waals surface area contributed by atoms with E-state index < -0.39 is 0 Å².